The second-order valence-electron chi connectivity index (χ2n) is 4.16. The molecule has 102 valence electrons. The molecular weight excluding hydrogens is 270 g/mol. The molecule has 4 heteroatoms. The third-order valence-electron chi connectivity index (χ3n) is 2.63. The maximum absolute atomic E-state index is 11.3. The summed E-state index contributed by atoms with van der Waals surface area (Å²) in [4.78, 5) is 16.7. The molecule has 0 N–H and O–H groups in total. The molecule has 3 nitrogen and oxygen atoms in total. The summed E-state index contributed by atoms with van der Waals surface area (Å²) < 4.78 is 4.67. The zero-order valence-electron chi connectivity index (χ0n) is 11.4. The maximum Gasteiger partial charge on any atom is 0.333 e. The number of hydrogen-bond donors (Lipinski definition) is 0. The van der Waals surface area contributed by atoms with Crippen LogP contribution in [0.5, 0.6) is 0 Å². The van der Waals surface area contributed by atoms with Gasteiger partial charge in [0.1, 0.15) is 5.03 Å². The lowest BCUT2D eigenvalue weighted by Gasteiger charge is -2.02. The predicted molar refractivity (Wildman–Crippen MR) is 80.5 cm³/mol. The van der Waals surface area contributed by atoms with Gasteiger partial charge in [-0.1, -0.05) is 30.0 Å². The number of benzene rings is 1. The Balaban J connectivity index is 2.09. The molecule has 0 saturated carbocycles. The van der Waals surface area contributed by atoms with E-state index in [1.807, 2.05) is 42.5 Å². The molecule has 0 aliphatic rings. The Labute approximate surface area is 122 Å². The van der Waals surface area contributed by atoms with Crippen LogP contribution >= 0.6 is 11.8 Å². The van der Waals surface area contributed by atoms with Gasteiger partial charge in [0, 0.05) is 16.7 Å². The van der Waals surface area contributed by atoms with Gasteiger partial charge in [0.2, 0.25) is 0 Å². The van der Waals surface area contributed by atoms with E-state index in [9.17, 15) is 4.79 Å². The first-order valence-corrected chi connectivity index (χ1v) is 6.96. The molecule has 1 aromatic carbocycles. The first-order valence-electron chi connectivity index (χ1n) is 6.14. The van der Waals surface area contributed by atoms with Crippen molar-refractivity contribution in [2.75, 3.05) is 7.11 Å². The highest BCUT2D eigenvalue weighted by atomic mass is 32.2. The van der Waals surface area contributed by atoms with Crippen molar-refractivity contribution in [3.63, 3.8) is 0 Å². The highest BCUT2D eigenvalue weighted by Gasteiger charge is 2.03. The van der Waals surface area contributed by atoms with Crippen molar-refractivity contribution >= 4 is 23.8 Å². The molecule has 0 saturated heterocycles. The molecule has 0 radical (unpaired) electrons. The van der Waals surface area contributed by atoms with E-state index in [1.54, 1.807) is 31.0 Å². The van der Waals surface area contributed by atoms with E-state index in [2.05, 4.69) is 9.72 Å². The fourth-order valence-corrected chi connectivity index (χ4v) is 2.40. The first-order chi connectivity index (χ1) is 9.69. The fourth-order valence-electron chi connectivity index (χ4n) is 1.63. The van der Waals surface area contributed by atoms with E-state index in [4.69, 9.17) is 0 Å². The number of pyridine rings is 1. The smallest absolute Gasteiger partial charge is 0.333 e. The molecule has 1 heterocycles. The predicted octanol–water partition coefficient (Wildman–Crippen LogP) is 3.81. The van der Waals surface area contributed by atoms with Gasteiger partial charge in [-0.15, -0.1) is 0 Å². The van der Waals surface area contributed by atoms with Gasteiger partial charge in [-0.25, -0.2) is 9.78 Å². The molecule has 0 aliphatic carbocycles. The van der Waals surface area contributed by atoms with Crippen LogP contribution in [0.15, 0.2) is 64.2 Å². The van der Waals surface area contributed by atoms with Gasteiger partial charge in [0.25, 0.3) is 0 Å². The molecule has 2 aromatic rings. The van der Waals surface area contributed by atoms with Crippen LogP contribution in [0, 0.1) is 0 Å². The van der Waals surface area contributed by atoms with Crippen molar-refractivity contribution < 1.29 is 9.53 Å². The van der Waals surface area contributed by atoms with E-state index >= 15 is 0 Å². The van der Waals surface area contributed by atoms with Crippen LogP contribution in [0.1, 0.15) is 12.5 Å². The molecule has 0 unspecified atom stereocenters. The number of methoxy groups -OCH3 is 1. The monoisotopic (exact) mass is 285 g/mol. The van der Waals surface area contributed by atoms with Gasteiger partial charge in [0.15, 0.2) is 0 Å². The summed E-state index contributed by atoms with van der Waals surface area (Å²) in [5.74, 6) is -0.308. The first kappa shape index (κ1) is 14.3. The lowest BCUT2D eigenvalue weighted by atomic mass is 10.1. The Hall–Kier alpha value is -2.07. The summed E-state index contributed by atoms with van der Waals surface area (Å²) in [7, 11) is 1.38. The molecule has 0 fully saturated rings. The Morgan fingerprint density at radius 1 is 1.20 bits per heavy atom. The molecule has 2 rings (SSSR count). The zero-order valence-corrected chi connectivity index (χ0v) is 12.2. The minimum Gasteiger partial charge on any atom is -0.466 e. The van der Waals surface area contributed by atoms with E-state index < -0.39 is 0 Å². The average molecular weight is 285 g/mol. The molecule has 0 atom stereocenters. The van der Waals surface area contributed by atoms with Gasteiger partial charge in [-0.05, 0) is 42.8 Å². The molecular formula is C16H15NO2S. The maximum atomic E-state index is 11.3. The Kier molecular flexibility index (Phi) is 4.96. The molecule has 1 aromatic heterocycles. The highest BCUT2D eigenvalue weighted by molar-refractivity contribution is 7.99. The number of ether oxygens (including phenoxy) is 1. The van der Waals surface area contributed by atoms with Crippen molar-refractivity contribution in [1.29, 1.82) is 0 Å². The van der Waals surface area contributed by atoms with E-state index in [1.165, 1.54) is 7.11 Å². The molecule has 0 amide bonds. The molecule has 0 spiro atoms. The van der Waals surface area contributed by atoms with Crippen molar-refractivity contribution in [2.24, 2.45) is 0 Å². The van der Waals surface area contributed by atoms with Gasteiger partial charge < -0.3 is 4.74 Å². The lowest BCUT2D eigenvalue weighted by molar-refractivity contribution is -0.135. The van der Waals surface area contributed by atoms with Crippen LogP contribution in [0.25, 0.3) is 6.08 Å². The van der Waals surface area contributed by atoms with Crippen LogP contribution < -0.4 is 0 Å². The number of nitrogens with zero attached hydrogens (tertiary/aromatic N) is 1. The average Bonchev–Trinajstić information content (AvgIpc) is 2.49. The number of rotatable bonds is 4. The Bertz CT molecular complexity index is 606. The van der Waals surface area contributed by atoms with Crippen LogP contribution in [-0.2, 0) is 9.53 Å². The Morgan fingerprint density at radius 3 is 2.55 bits per heavy atom. The second kappa shape index (κ2) is 6.91. The molecule has 0 bridgehead atoms. The minimum atomic E-state index is -0.308. The van der Waals surface area contributed by atoms with E-state index in [-0.39, 0.29) is 5.97 Å². The summed E-state index contributed by atoms with van der Waals surface area (Å²) in [5, 5.41) is 0.960. The topological polar surface area (TPSA) is 39.2 Å². The fraction of sp³-hybridized carbons (Fsp3) is 0.125. The largest absolute Gasteiger partial charge is 0.466 e. The summed E-state index contributed by atoms with van der Waals surface area (Å²) in [5.41, 5.74) is 1.55. The number of aromatic nitrogens is 1. The molecule has 20 heavy (non-hydrogen) atoms. The minimum absolute atomic E-state index is 0.308. The van der Waals surface area contributed by atoms with E-state index in [0.29, 0.717) is 5.57 Å². The number of carbonyl (C=O) groups is 1. The summed E-state index contributed by atoms with van der Waals surface area (Å²) in [6, 6.07) is 13.8. The third-order valence-corrected chi connectivity index (χ3v) is 3.59. The standard InChI is InChI=1S/C16H15NO2S/c1-12(16(18)19-2)11-13-6-8-14(9-7-13)20-15-5-3-4-10-17-15/h3-11H,1-2H3/b12-11+. The number of esters is 1. The normalized spacial score (nSPS) is 11.2. The van der Waals surface area contributed by atoms with Crippen molar-refractivity contribution in [3.8, 4) is 0 Å². The summed E-state index contributed by atoms with van der Waals surface area (Å²) in [6.45, 7) is 1.74. The lowest BCUT2D eigenvalue weighted by Crippen LogP contribution is -2.00. The van der Waals surface area contributed by atoms with Crippen molar-refractivity contribution in [3.05, 3.63) is 59.8 Å². The van der Waals surface area contributed by atoms with Crippen LogP contribution in [0.4, 0.5) is 0 Å². The second-order valence-corrected chi connectivity index (χ2v) is 5.25. The van der Waals surface area contributed by atoms with Crippen molar-refractivity contribution in [1.82, 2.24) is 4.98 Å². The number of hydrogen-bond acceptors (Lipinski definition) is 4. The van der Waals surface area contributed by atoms with Crippen LogP contribution in [-0.4, -0.2) is 18.1 Å². The van der Waals surface area contributed by atoms with Gasteiger partial charge in [-0.2, -0.15) is 0 Å². The van der Waals surface area contributed by atoms with Crippen LogP contribution in [0.3, 0.4) is 0 Å². The molecule has 0 aliphatic heterocycles. The van der Waals surface area contributed by atoms with Crippen molar-refractivity contribution in [2.45, 2.75) is 16.8 Å². The van der Waals surface area contributed by atoms with Gasteiger partial charge in [-0.3, -0.25) is 0 Å². The number of carbonyl (C=O) groups excluding carboxylic acids is 1. The third kappa shape index (κ3) is 3.96. The van der Waals surface area contributed by atoms with E-state index in [0.717, 1.165) is 15.5 Å². The summed E-state index contributed by atoms with van der Waals surface area (Å²) in [6.07, 6.45) is 3.58. The highest BCUT2D eigenvalue weighted by Crippen LogP contribution is 2.26. The summed E-state index contributed by atoms with van der Waals surface area (Å²) >= 11 is 1.60. The SMILES string of the molecule is COC(=O)/C(C)=C/c1ccc(Sc2ccccn2)cc1. The zero-order chi connectivity index (χ0) is 14.4. The van der Waals surface area contributed by atoms with Gasteiger partial charge >= 0.3 is 5.97 Å². The van der Waals surface area contributed by atoms with Gasteiger partial charge in [0.05, 0.1) is 7.11 Å². The van der Waals surface area contributed by atoms with Crippen LogP contribution in [0.2, 0.25) is 0 Å². The quantitative estimate of drug-likeness (QED) is 0.632. The Morgan fingerprint density at radius 2 is 1.95 bits per heavy atom.